The third-order valence-corrected chi connectivity index (χ3v) is 6.64. The van der Waals surface area contributed by atoms with Gasteiger partial charge in [-0.15, -0.1) is 0 Å². The highest BCUT2D eigenvalue weighted by molar-refractivity contribution is 5.98. The van der Waals surface area contributed by atoms with Crippen LogP contribution in [0.1, 0.15) is 18.7 Å². The molecule has 3 heterocycles. The van der Waals surface area contributed by atoms with E-state index >= 15 is 0 Å². The van der Waals surface area contributed by atoms with Gasteiger partial charge in [0.2, 0.25) is 5.43 Å². The Hall–Kier alpha value is -5.26. The smallest absolute Gasteiger partial charge is 0.387 e. The zero-order valence-corrected chi connectivity index (χ0v) is 21.2. The number of fused-ring (bicyclic) bond motifs is 2. The third kappa shape index (κ3) is 4.42. The molecule has 0 amide bonds. The minimum absolute atomic E-state index is 0.0297. The summed E-state index contributed by atoms with van der Waals surface area (Å²) in [5.41, 5.74) is 6.85. The number of anilines is 1. The Kier molecular flexibility index (Phi) is 6.37. The van der Waals surface area contributed by atoms with Gasteiger partial charge in [0.25, 0.3) is 0 Å². The Balaban J connectivity index is 1.59. The maximum atomic E-state index is 14.8. The molecule has 0 radical (unpaired) electrons. The lowest BCUT2D eigenvalue weighted by molar-refractivity contribution is -0.0521. The van der Waals surface area contributed by atoms with Crippen molar-refractivity contribution < 1.29 is 26.7 Å². The van der Waals surface area contributed by atoms with E-state index in [1.165, 1.54) is 35.3 Å². The predicted molar refractivity (Wildman–Crippen MR) is 143 cm³/mol. The molecule has 0 fully saturated rings. The van der Waals surface area contributed by atoms with Crippen LogP contribution in [0.15, 0.2) is 82.3 Å². The van der Waals surface area contributed by atoms with Crippen molar-refractivity contribution in [1.29, 1.82) is 0 Å². The van der Waals surface area contributed by atoms with Crippen molar-refractivity contribution in [2.45, 2.75) is 19.6 Å². The number of nitrogen functional groups attached to an aromatic ring is 1. The Morgan fingerprint density at radius 1 is 0.927 bits per heavy atom. The quantitative estimate of drug-likeness (QED) is 0.237. The molecule has 8 nitrogen and oxygen atoms in total. The van der Waals surface area contributed by atoms with E-state index in [2.05, 4.69) is 19.8 Å². The lowest BCUT2D eigenvalue weighted by Crippen LogP contribution is -2.17. The number of rotatable bonds is 6. The molecule has 3 aromatic heterocycles. The molecule has 0 unspecified atom stereocenters. The van der Waals surface area contributed by atoms with Crippen LogP contribution in [-0.4, -0.2) is 26.4 Å². The number of benzene rings is 3. The summed E-state index contributed by atoms with van der Waals surface area (Å²) in [6, 6.07) is 15.3. The Labute approximate surface area is 228 Å². The zero-order chi connectivity index (χ0) is 28.8. The molecule has 0 saturated heterocycles. The van der Waals surface area contributed by atoms with Crippen molar-refractivity contribution in [2.75, 3.05) is 5.73 Å². The Morgan fingerprint density at radius 3 is 2.44 bits per heavy atom. The van der Waals surface area contributed by atoms with E-state index in [0.717, 1.165) is 12.1 Å². The number of halogens is 4. The lowest BCUT2D eigenvalue weighted by atomic mass is 9.99. The molecule has 1 atom stereocenters. The van der Waals surface area contributed by atoms with Gasteiger partial charge in [-0.25, -0.2) is 23.4 Å². The number of nitrogens with two attached hydrogens (primary N) is 1. The van der Waals surface area contributed by atoms with Gasteiger partial charge in [-0.3, -0.25) is 4.79 Å². The van der Waals surface area contributed by atoms with E-state index in [1.807, 2.05) is 0 Å². The third-order valence-electron chi connectivity index (χ3n) is 6.64. The van der Waals surface area contributed by atoms with Crippen LogP contribution in [0.2, 0.25) is 0 Å². The monoisotopic (exact) mass is 561 g/mol. The van der Waals surface area contributed by atoms with Crippen LogP contribution in [0, 0.1) is 11.6 Å². The first-order chi connectivity index (χ1) is 19.7. The summed E-state index contributed by atoms with van der Waals surface area (Å²) in [6.45, 7) is -1.51. The normalized spacial score (nSPS) is 12.3. The van der Waals surface area contributed by atoms with E-state index in [0.29, 0.717) is 5.56 Å². The van der Waals surface area contributed by atoms with Crippen molar-refractivity contribution in [2.24, 2.45) is 0 Å². The number of alkyl halides is 2. The molecule has 0 aliphatic rings. The van der Waals surface area contributed by atoms with Crippen molar-refractivity contribution in [1.82, 2.24) is 19.7 Å². The number of aromatic nitrogens is 4. The topological polar surface area (TPSA) is 109 Å². The second kappa shape index (κ2) is 10.0. The van der Waals surface area contributed by atoms with Gasteiger partial charge < -0.3 is 14.9 Å². The molecule has 0 aliphatic heterocycles. The number of hydrogen-bond donors (Lipinski definition) is 1. The van der Waals surface area contributed by atoms with Gasteiger partial charge in [0.05, 0.1) is 10.9 Å². The fourth-order valence-corrected chi connectivity index (χ4v) is 4.81. The molecule has 41 heavy (non-hydrogen) atoms. The Morgan fingerprint density at radius 2 is 1.71 bits per heavy atom. The molecule has 6 aromatic rings. The molecule has 206 valence electrons. The highest BCUT2D eigenvalue weighted by atomic mass is 19.3. The second-order valence-electron chi connectivity index (χ2n) is 9.10. The van der Waals surface area contributed by atoms with E-state index in [4.69, 9.17) is 10.2 Å². The second-order valence-corrected chi connectivity index (χ2v) is 9.10. The van der Waals surface area contributed by atoms with Crippen molar-refractivity contribution in [3.8, 4) is 28.1 Å². The first kappa shape index (κ1) is 26.0. The molecular formula is C29H19F4N5O3. The van der Waals surface area contributed by atoms with Crippen molar-refractivity contribution in [3.05, 3.63) is 101 Å². The molecule has 3 aromatic carbocycles. The van der Waals surface area contributed by atoms with E-state index < -0.39 is 35.5 Å². The Bertz CT molecular complexity index is 1990. The van der Waals surface area contributed by atoms with E-state index in [-0.39, 0.29) is 50.4 Å². The first-order valence-electron chi connectivity index (χ1n) is 12.3. The van der Waals surface area contributed by atoms with Gasteiger partial charge in [-0.1, -0.05) is 36.4 Å². The average molecular weight is 561 g/mol. The number of hydrogen-bond acceptors (Lipinski definition) is 7. The van der Waals surface area contributed by atoms with Crippen LogP contribution < -0.4 is 15.9 Å². The number of ether oxygens (including phenoxy) is 1. The van der Waals surface area contributed by atoms with E-state index in [1.54, 1.807) is 37.3 Å². The summed E-state index contributed by atoms with van der Waals surface area (Å²) < 4.78 is 66.6. The van der Waals surface area contributed by atoms with Crippen LogP contribution in [0.3, 0.4) is 0 Å². The van der Waals surface area contributed by atoms with Crippen LogP contribution >= 0.6 is 0 Å². The minimum atomic E-state index is -3.20. The maximum Gasteiger partial charge on any atom is 0.387 e. The molecule has 0 spiro atoms. The molecule has 0 saturated carbocycles. The highest BCUT2D eigenvalue weighted by Crippen LogP contribution is 2.37. The highest BCUT2D eigenvalue weighted by Gasteiger charge is 2.28. The van der Waals surface area contributed by atoms with Gasteiger partial charge in [0.1, 0.15) is 46.4 Å². The molecule has 0 aliphatic carbocycles. The molecule has 0 bridgehead atoms. The maximum absolute atomic E-state index is 14.8. The number of nitrogens with zero attached hydrogens (tertiary/aromatic N) is 4. The van der Waals surface area contributed by atoms with Crippen LogP contribution in [0.5, 0.6) is 5.75 Å². The first-order valence-corrected chi connectivity index (χ1v) is 12.3. The van der Waals surface area contributed by atoms with Gasteiger partial charge in [-0.2, -0.15) is 13.9 Å². The summed E-state index contributed by atoms with van der Waals surface area (Å²) in [7, 11) is 0. The molecule has 6 rings (SSSR count). The SMILES string of the molecule is C[C@H](c1oc2cccc(F)c2c(=O)c1-c1ccccc1)n1nc(-c2ccc(OC(F)F)c(F)c2)c2c(N)ncnc21. The van der Waals surface area contributed by atoms with E-state index in [9.17, 15) is 22.4 Å². The summed E-state index contributed by atoms with van der Waals surface area (Å²) in [6.07, 6.45) is 1.22. The van der Waals surface area contributed by atoms with Crippen LogP contribution in [0.4, 0.5) is 23.4 Å². The minimum Gasteiger partial charge on any atom is -0.458 e. The van der Waals surface area contributed by atoms with Gasteiger partial charge in [0.15, 0.2) is 17.2 Å². The average Bonchev–Trinajstić information content (AvgIpc) is 3.35. The predicted octanol–water partition coefficient (Wildman–Crippen LogP) is 6.34. The summed E-state index contributed by atoms with van der Waals surface area (Å²) in [4.78, 5) is 22.1. The fraction of sp³-hybridized carbons (Fsp3) is 0.103. The van der Waals surface area contributed by atoms with Gasteiger partial charge >= 0.3 is 6.61 Å². The van der Waals surface area contributed by atoms with Crippen molar-refractivity contribution in [3.63, 3.8) is 0 Å². The lowest BCUT2D eigenvalue weighted by Gasteiger charge is -2.17. The molecule has 2 N–H and O–H groups in total. The summed E-state index contributed by atoms with van der Waals surface area (Å²) in [5.74, 6) is -2.20. The zero-order valence-electron chi connectivity index (χ0n) is 21.2. The van der Waals surface area contributed by atoms with Crippen LogP contribution in [0.25, 0.3) is 44.4 Å². The molecular weight excluding hydrogens is 542 g/mol. The largest absolute Gasteiger partial charge is 0.458 e. The fourth-order valence-electron chi connectivity index (χ4n) is 4.81. The van der Waals surface area contributed by atoms with Gasteiger partial charge in [0, 0.05) is 5.56 Å². The molecule has 12 heteroatoms. The van der Waals surface area contributed by atoms with Crippen molar-refractivity contribution >= 4 is 27.8 Å². The summed E-state index contributed by atoms with van der Waals surface area (Å²) in [5, 5.41) is 4.70. The van der Waals surface area contributed by atoms with Gasteiger partial charge in [-0.05, 0) is 42.8 Å². The standard InChI is InChI=1S/C29H19F4N5O3/c1-14(26-21(15-6-3-2-4-7-15)25(39)22-17(30)8-5-9-20(22)40-26)38-28-23(27(34)35-13-36-28)24(37-38)16-10-11-19(18(31)12-16)41-29(32)33/h2-14,29H,1H3,(H2,34,35,36)/t14-/m1/s1. The summed E-state index contributed by atoms with van der Waals surface area (Å²) >= 11 is 0. The van der Waals surface area contributed by atoms with Crippen LogP contribution in [-0.2, 0) is 0 Å².